The highest BCUT2D eigenvalue weighted by molar-refractivity contribution is 5.14. The van der Waals surface area contributed by atoms with Gasteiger partial charge >= 0.3 is 0 Å². The lowest BCUT2D eigenvalue weighted by Crippen LogP contribution is -2.42. The first kappa shape index (κ1) is 14.2. The normalized spacial score (nSPS) is 18.8. The van der Waals surface area contributed by atoms with E-state index in [1.165, 1.54) is 5.56 Å². The van der Waals surface area contributed by atoms with E-state index in [0.29, 0.717) is 6.54 Å². The molecule has 0 unspecified atom stereocenters. The maximum Gasteiger partial charge on any atom is 0.165 e. The number of rotatable bonds is 4. The number of likely N-dealkylation sites (tertiary alicyclic amines) is 1. The Labute approximate surface area is 124 Å². The summed E-state index contributed by atoms with van der Waals surface area (Å²) >= 11 is 0. The monoisotopic (exact) mass is 287 g/mol. The van der Waals surface area contributed by atoms with Crippen molar-refractivity contribution in [3.8, 4) is 0 Å². The van der Waals surface area contributed by atoms with Gasteiger partial charge in [-0.2, -0.15) is 0 Å². The van der Waals surface area contributed by atoms with Gasteiger partial charge < -0.3 is 5.11 Å². The molecule has 6 nitrogen and oxygen atoms in total. The Kier molecular flexibility index (Phi) is 3.98. The van der Waals surface area contributed by atoms with Gasteiger partial charge in [-0.05, 0) is 35.8 Å². The van der Waals surface area contributed by atoms with Gasteiger partial charge in [-0.1, -0.05) is 30.3 Å². The zero-order valence-corrected chi connectivity index (χ0v) is 12.3. The van der Waals surface area contributed by atoms with Gasteiger partial charge in [0.25, 0.3) is 0 Å². The summed E-state index contributed by atoms with van der Waals surface area (Å²) in [4.78, 5) is 2.30. The highest BCUT2D eigenvalue weighted by Crippen LogP contribution is 2.21. The van der Waals surface area contributed by atoms with Gasteiger partial charge in [0.1, 0.15) is 0 Å². The molecule has 0 amide bonds. The van der Waals surface area contributed by atoms with E-state index in [4.69, 9.17) is 0 Å². The molecule has 0 atom stereocenters. The lowest BCUT2D eigenvalue weighted by molar-refractivity contribution is -0.00814. The standard InChI is InChI=1S/C15H21N5O/c1-15(21)7-9-19(10-8-15)12-14-16-17-18-20(14)11-13-5-3-2-4-6-13/h2-6,21H,7-12H2,1H3. The van der Waals surface area contributed by atoms with Crippen LogP contribution in [-0.2, 0) is 13.1 Å². The molecule has 1 aromatic carbocycles. The van der Waals surface area contributed by atoms with Crippen LogP contribution in [0.25, 0.3) is 0 Å². The van der Waals surface area contributed by atoms with Crippen LogP contribution in [0.2, 0.25) is 0 Å². The van der Waals surface area contributed by atoms with E-state index >= 15 is 0 Å². The molecule has 1 saturated heterocycles. The molecule has 1 fully saturated rings. The predicted molar refractivity (Wildman–Crippen MR) is 78.5 cm³/mol. The van der Waals surface area contributed by atoms with Crippen LogP contribution in [0.4, 0.5) is 0 Å². The second-order valence-corrected chi connectivity index (χ2v) is 6.01. The molecule has 0 spiro atoms. The largest absolute Gasteiger partial charge is 0.390 e. The lowest BCUT2D eigenvalue weighted by Gasteiger charge is -2.35. The number of aromatic nitrogens is 4. The van der Waals surface area contributed by atoms with Gasteiger partial charge in [0.05, 0.1) is 18.7 Å². The molecule has 3 rings (SSSR count). The fourth-order valence-corrected chi connectivity index (χ4v) is 2.61. The minimum atomic E-state index is -0.521. The fraction of sp³-hybridized carbons (Fsp3) is 0.533. The molecule has 112 valence electrons. The first-order valence-electron chi connectivity index (χ1n) is 7.36. The van der Waals surface area contributed by atoms with E-state index in [1.807, 2.05) is 29.8 Å². The Morgan fingerprint density at radius 1 is 1.14 bits per heavy atom. The molecule has 1 aliphatic heterocycles. The molecule has 21 heavy (non-hydrogen) atoms. The molecule has 1 aromatic heterocycles. The summed E-state index contributed by atoms with van der Waals surface area (Å²) in [5, 5.41) is 22.0. The van der Waals surface area contributed by atoms with Crippen LogP contribution in [0.3, 0.4) is 0 Å². The number of nitrogens with zero attached hydrogens (tertiary/aromatic N) is 5. The van der Waals surface area contributed by atoms with Crippen molar-refractivity contribution in [2.45, 2.75) is 38.5 Å². The molecular weight excluding hydrogens is 266 g/mol. The maximum absolute atomic E-state index is 10.00. The van der Waals surface area contributed by atoms with Crippen molar-refractivity contribution in [3.63, 3.8) is 0 Å². The average molecular weight is 287 g/mol. The number of hydrogen-bond donors (Lipinski definition) is 1. The van der Waals surface area contributed by atoms with E-state index in [1.54, 1.807) is 0 Å². The lowest BCUT2D eigenvalue weighted by atomic mass is 9.94. The third-order valence-electron chi connectivity index (χ3n) is 4.08. The van der Waals surface area contributed by atoms with E-state index in [2.05, 4.69) is 32.6 Å². The second kappa shape index (κ2) is 5.91. The van der Waals surface area contributed by atoms with Crippen molar-refractivity contribution in [2.75, 3.05) is 13.1 Å². The number of piperidine rings is 1. The topological polar surface area (TPSA) is 67.1 Å². The molecule has 2 aromatic rings. The molecule has 1 N–H and O–H groups in total. The van der Waals surface area contributed by atoms with Crippen molar-refractivity contribution in [2.24, 2.45) is 0 Å². The first-order valence-corrected chi connectivity index (χ1v) is 7.36. The predicted octanol–water partition coefficient (Wildman–Crippen LogP) is 1.07. The van der Waals surface area contributed by atoms with Crippen LogP contribution < -0.4 is 0 Å². The third kappa shape index (κ3) is 3.65. The van der Waals surface area contributed by atoms with E-state index in [9.17, 15) is 5.11 Å². The Hall–Kier alpha value is -1.79. The number of hydrogen-bond acceptors (Lipinski definition) is 5. The maximum atomic E-state index is 10.00. The van der Waals surface area contributed by atoms with Gasteiger partial charge in [0.15, 0.2) is 5.82 Å². The number of benzene rings is 1. The SMILES string of the molecule is CC1(O)CCN(Cc2nnnn2Cc2ccccc2)CC1. The molecule has 0 radical (unpaired) electrons. The second-order valence-electron chi connectivity index (χ2n) is 6.01. The van der Waals surface area contributed by atoms with Crippen molar-refractivity contribution in [1.82, 2.24) is 25.1 Å². The van der Waals surface area contributed by atoms with Crippen molar-refractivity contribution >= 4 is 0 Å². The molecule has 0 aliphatic carbocycles. The number of tetrazole rings is 1. The van der Waals surface area contributed by atoms with Crippen LogP contribution in [0, 0.1) is 0 Å². The summed E-state index contributed by atoms with van der Waals surface area (Å²) in [5.41, 5.74) is 0.666. The third-order valence-corrected chi connectivity index (χ3v) is 4.08. The van der Waals surface area contributed by atoms with Crippen molar-refractivity contribution < 1.29 is 5.11 Å². The van der Waals surface area contributed by atoms with E-state index in [-0.39, 0.29) is 0 Å². The average Bonchev–Trinajstić information content (AvgIpc) is 2.89. The number of aliphatic hydroxyl groups is 1. The zero-order chi connectivity index (χ0) is 14.7. The quantitative estimate of drug-likeness (QED) is 0.911. The highest BCUT2D eigenvalue weighted by Gasteiger charge is 2.27. The van der Waals surface area contributed by atoms with Crippen LogP contribution in [0.15, 0.2) is 30.3 Å². The summed E-state index contributed by atoms with van der Waals surface area (Å²) in [6, 6.07) is 10.2. The van der Waals surface area contributed by atoms with Gasteiger partial charge in [-0.25, -0.2) is 4.68 Å². The van der Waals surface area contributed by atoms with Gasteiger partial charge in [-0.3, -0.25) is 4.90 Å². The Morgan fingerprint density at radius 2 is 1.86 bits per heavy atom. The van der Waals surface area contributed by atoms with Gasteiger partial charge in [0.2, 0.25) is 0 Å². The Balaban J connectivity index is 1.63. The smallest absolute Gasteiger partial charge is 0.165 e. The summed E-state index contributed by atoms with van der Waals surface area (Å²) in [6.45, 7) is 5.09. The molecule has 2 heterocycles. The van der Waals surface area contributed by atoms with Gasteiger partial charge in [-0.15, -0.1) is 5.10 Å². The van der Waals surface area contributed by atoms with E-state index in [0.717, 1.165) is 38.3 Å². The molecule has 0 saturated carbocycles. The van der Waals surface area contributed by atoms with Crippen molar-refractivity contribution in [1.29, 1.82) is 0 Å². The van der Waals surface area contributed by atoms with Crippen LogP contribution in [-0.4, -0.2) is 48.9 Å². The summed E-state index contributed by atoms with van der Waals surface area (Å²) in [7, 11) is 0. The highest BCUT2D eigenvalue weighted by atomic mass is 16.3. The molecule has 0 bridgehead atoms. The molecular formula is C15H21N5O. The summed E-state index contributed by atoms with van der Waals surface area (Å²) in [5.74, 6) is 0.875. The first-order chi connectivity index (χ1) is 10.1. The fourth-order valence-electron chi connectivity index (χ4n) is 2.61. The molecule has 1 aliphatic rings. The van der Waals surface area contributed by atoms with Crippen LogP contribution >= 0.6 is 0 Å². The summed E-state index contributed by atoms with van der Waals surface area (Å²) in [6.07, 6.45) is 1.60. The minimum absolute atomic E-state index is 0.521. The van der Waals surface area contributed by atoms with E-state index < -0.39 is 5.60 Å². The van der Waals surface area contributed by atoms with Crippen molar-refractivity contribution in [3.05, 3.63) is 41.7 Å². The zero-order valence-electron chi connectivity index (χ0n) is 12.3. The minimum Gasteiger partial charge on any atom is -0.390 e. The Morgan fingerprint density at radius 3 is 2.57 bits per heavy atom. The van der Waals surface area contributed by atoms with Gasteiger partial charge in [0, 0.05) is 13.1 Å². The molecule has 6 heteroatoms. The summed E-state index contributed by atoms with van der Waals surface area (Å²) < 4.78 is 1.85. The van der Waals surface area contributed by atoms with Crippen LogP contribution in [0.5, 0.6) is 0 Å². The van der Waals surface area contributed by atoms with Crippen LogP contribution in [0.1, 0.15) is 31.2 Å². The Bertz CT molecular complexity index is 571.